The number of hydrogen-bond acceptors (Lipinski definition) is 3. The molecule has 0 aliphatic carbocycles. The van der Waals surface area contributed by atoms with Gasteiger partial charge in [-0.1, -0.05) is 35.9 Å². The third kappa shape index (κ3) is 8.28. The molecule has 2 aromatic carbocycles. The standard InChI is InChI=1S/C20H24ClN5O2.HI/c1-23-20(26(2)13-15-4-3-5-17(21)10-15)25-11-14-6-8-16(9-7-14)19(28)24-12-18(22)27;/h3-10H,11-13H2,1-2H3,(H2,22,27)(H,23,25)(H,24,28);1H. The summed E-state index contributed by atoms with van der Waals surface area (Å²) in [5.74, 6) is -0.180. The lowest BCUT2D eigenvalue weighted by atomic mass is 10.1. The molecule has 2 rings (SSSR count). The lowest BCUT2D eigenvalue weighted by molar-refractivity contribution is -0.117. The predicted octanol–water partition coefficient (Wildman–Crippen LogP) is 2.38. The number of nitrogens with two attached hydrogens (primary N) is 1. The third-order valence-corrected chi connectivity index (χ3v) is 4.21. The Labute approximate surface area is 192 Å². The molecule has 0 saturated heterocycles. The number of nitrogens with one attached hydrogen (secondary N) is 2. The van der Waals surface area contributed by atoms with Crippen LogP contribution in [0.4, 0.5) is 0 Å². The van der Waals surface area contributed by atoms with E-state index in [1.807, 2.05) is 48.3 Å². The lowest BCUT2D eigenvalue weighted by Gasteiger charge is -2.22. The van der Waals surface area contributed by atoms with Gasteiger partial charge < -0.3 is 21.3 Å². The Hall–Kier alpha value is -2.33. The first-order valence-electron chi connectivity index (χ1n) is 8.70. The van der Waals surface area contributed by atoms with Crippen molar-refractivity contribution in [2.75, 3.05) is 20.6 Å². The van der Waals surface area contributed by atoms with Crippen LogP contribution in [-0.2, 0) is 17.9 Å². The monoisotopic (exact) mass is 529 g/mol. The fourth-order valence-corrected chi connectivity index (χ4v) is 2.81. The Morgan fingerprint density at radius 2 is 1.79 bits per heavy atom. The summed E-state index contributed by atoms with van der Waals surface area (Å²) in [4.78, 5) is 28.9. The molecule has 0 aromatic heterocycles. The molecule has 7 nitrogen and oxygen atoms in total. The van der Waals surface area contributed by atoms with E-state index < -0.39 is 5.91 Å². The van der Waals surface area contributed by atoms with Crippen LogP contribution < -0.4 is 16.4 Å². The van der Waals surface area contributed by atoms with E-state index in [1.54, 1.807) is 19.2 Å². The number of aliphatic imine (C=N–C) groups is 1. The van der Waals surface area contributed by atoms with Crippen LogP contribution in [0.3, 0.4) is 0 Å². The van der Waals surface area contributed by atoms with Crippen LogP contribution in [0.1, 0.15) is 21.5 Å². The number of amides is 2. The molecule has 0 radical (unpaired) electrons. The number of primary amides is 1. The molecule has 0 aliphatic heterocycles. The molecule has 29 heavy (non-hydrogen) atoms. The largest absolute Gasteiger partial charge is 0.368 e. The average molecular weight is 530 g/mol. The number of carbonyl (C=O) groups excluding carboxylic acids is 2. The van der Waals surface area contributed by atoms with Gasteiger partial charge in [0, 0.05) is 37.8 Å². The zero-order chi connectivity index (χ0) is 20.5. The van der Waals surface area contributed by atoms with Crippen molar-refractivity contribution in [2.24, 2.45) is 10.7 Å². The maximum Gasteiger partial charge on any atom is 0.251 e. The van der Waals surface area contributed by atoms with Gasteiger partial charge in [0.1, 0.15) is 0 Å². The van der Waals surface area contributed by atoms with Gasteiger partial charge in [0.2, 0.25) is 5.91 Å². The van der Waals surface area contributed by atoms with Crippen molar-refractivity contribution in [3.05, 3.63) is 70.2 Å². The molecule has 2 amide bonds. The first-order chi connectivity index (χ1) is 13.4. The fourth-order valence-electron chi connectivity index (χ4n) is 2.59. The van der Waals surface area contributed by atoms with Crippen LogP contribution in [0.2, 0.25) is 5.02 Å². The highest BCUT2D eigenvalue weighted by Crippen LogP contribution is 2.12. The molecule has 0 bridgehead atoms. The van der Waals surface area contributed by atoms with E-state index in [1.165, 1.54) is 0 Å². The zero-order valence-electron chi connectivity index (χ0n) is 16.3. The third-order valence-electron chi connectivity index (χ3n) is 3.97. The highest BCUT2D eigenvalue weighted by molar-refractivity contribution is 14.0. The number of nitrogens with zero attached hydrogens (tertiary/aromatic N) is 2. The first-order valence-corrected chi connectivity index (χ1v) is 9.08. The SMILES string of the molecule is CN=C(NCc1ccc(C(=O)NCC(N)=O)cc1)N(C)Cc1cccc(Cl)c1.I. The summed E-state index contributed by atoms with van der Waals surface area (Å²) in [6.07, 6.45) is 0. The molecule has 9 heteroatoms. The molecule has 0 atom stereocenters. The quantitative estimate of drug-likeness (QED) is 0.291. The van der Waals surface area contributed by atoms with Crippen LogP contribution in [0.5, 0.6) is 0 Å². The maximum atomic E-state index is 11.9. The summed E-state index contributed by atoms with van der Waals surface area (Å²) in [6.45, 7) is 1.03. The lowest BCUT2D eigenvalue weighted by Crippen LogP contribution is -2.38. The Morgan fingerprint density at radius 3 is 2.38 bits per heavy atom. The van der Waals surface area contributed by atoms with E-state index in [9.17, 15) is 9.59 Å². The molecule has 2 aromatic rings. The molecular formula is C20H25ClIN5O2. The highest BCUT2D eigenvalue weighted by Gasteiger charge is 2.09. The minimum atomic E-state index is -0.581. The van der Waals surface area contributed by atoms with Gasteiger partial charge in [0.05, 0.1) is 6.54 Å². The zero-order valence-corrected chi connectivity index (χ0v) is 19.4. The summed E-state index contributed by atoms with van der Waals surface area (Å²) in [6, 6.07) is 14.8. The summed E-state index contributed by atoms with van der Waals surface area (Å²) in [7, 11) is 3.67. The number of rotatable bonds is 7. The molecule has 0 heterocycles. The van der Waals surface area contributed by atoms with Crippen molar-refractivity contribution < 1.29 is 9.59 Å². The molecule has 0 spiro atoms. The summed E-state index contributed by atoms with van der Waals surface area (Å²) >= 11 is 6.04. The van der Waals surface area contributed by atoms with Gasteiger partial charge in [-0.15, -0.1) is 24.0 Å². The number of hydrogen-bond donors (Lipinski definition) is 3. The normalized spacial score (nSPS) is 10.7. The second-order valence-corrected chi connectivity index (χ2v) is 6.67. The number of carbonyl (C=O) groups is 2. The van der Waals surface area contributed by atoms with Crippen LogP contribution in [-0.4, -0.2) is 43.3 Å². The van der Waals surface area contributed by atoms with E-state index >= 15 is 0 Å². The number of halogens is 2. The van der Waals surface area contributed by atoms with Crippen molar-refractivity contribution >= 4 is 53.4 Å². The van der Waals surface area contributed by atoms with E-state index in [0.29, 0.717) is 23.7 Å². The molecular weight excluding hydrogens is 505 g/mol. The smallest absolute Gasteiger partial charge is 0.251 e. The van der Waals surface area contributed by atoms with Crippen molar-refractivity contribution in [1.29, 1.82) is 0 Å². The molecule has 0 saturated carbocycles. The number of benzene rings is 2. The number of guanidine groups is 1. The van der Waals surface area contributed by atoms with Crippen molar-refractivity contribution in [1.82, 2.24) is 15.5 Å². The maximum absolute atomic E-state index is 11.9. The summed E-state index contributed by atoms with van der Waals surface area (Å²) in [5, 5.41) is 6.45. The Kier molecular flexibility index (Phi) is 10.5. The van der Waals surface area contributed by atoms with E-state index in [2.05, 4.69) is 15.6 Å². The minimum Gasteiger partial charge on any atom is -0.368 e. The second-order valence-electron chi connectivity index (χ2n) is 6.23. The fraction of sp³-hybridized carbons (Fsp3) is 0.250. The van der Waals surface area contributed by atoms with E-state index in [-0.39, 0.29) is 36.4 Å². The Bertz CT molecular complexity index is 858. The summed E-state index contributed by atoms with van der Waals surface area (Å²) < 4.78 is 0. The van der Waals surface area contributed by atoms with Gasteiger partial charge >= 0.3 is 0 Å². The van der Waals surface area contributed by atoms with Crippen molar-refractivity contribution in [2.45, 2.75) is 13.1 Å². The van der Waals surface area contributed by atoms with Gasteiger partial charge in [-0.3, -0.25) is 14.6 Å². The van der Waals surface area contributed by atoms with Crippen LogP contribution in [0.15, 0.2) is 53.5 Å². The van der Waals surface area contributed by atoms with Gasteiger partial charge in [0.15, 0.2) is 5.96 Å². The minimum absolute atomic E-state index is 0. The van der Waals surface area contributed by atoms with E-state index in [4.69, 9.17) is 17.3 Å². The average Bonchev–Trinajstić information content (AvgIpc) is 2.67. The molecule has 156 valence electrons. The van der Waals surface area contributed by atoms with Crippen LogP contribution in [0.25, 0.3) is 0 Å². The van der Waals surface area contributed by atoms with Crippen molar-refractivity contribution in [3.63, 3.8) is 0 Å². The van der Waals surface area contributed by atoms with Gasteiger partial charge in [-0.05, 0) is 35.4 Å². The second kappa shape index (κ2) is 12.3. The van der Waals surface area contributed by atoms with E-state index in [0.717, 1.165) is 17.1 Å². The molecule has 0 aliphatic rings. The predicted molar refractivity (Wildman–Crippen MR) is 127 cm³/mol. The first kappa shape index (κ1) is 24.7. The van der Waals surface area contributed by atoms with Gasteiger partial charge in [0.25, 0.3) is 5.91 Å². The van der Waals surface area contributed by atoms with Crippen molar-refractivity contribution in [3.8, 4) is 0 Å². The van der Waals surface area contributed by atoms with Gasteiger partial charge in [-0.25, -0.2) is 0 Å². The highest BCUT2D eigenvalue weighted by atomic mass is 127. The molecule has 0 unspecified atom stereocenters. The topological polar surface area (TPSA) is 99.8 Å². The van der Waals surface area contributed by atoms with Gasteiger partial charge in [-0.2, -0.15) is 0 Å². The molecule has 4 N–H and O–H groups in total. The summed E-state index contributed by atoms with van der Waals surface area (Å²) in [5.41, 5.74) is 7.56. The Balaban J connectivity index is 0.00000420. The molecule has 0 fully saturated rings. The van der Waals surface area contributed by atoms with Crippen LogP contribution >= 0.6 is 35.6 Å². The Morgan fingerprint density at radius 1 is 1.10 bits per heavy atom. The van der Waals surface area contributed by atoms with Crippen LogP contribution in [0, 0.1) is 0 Å².